The molecular weight excluding hydrogens is 198 g/mol. The van der Waals surface area contributed by atoms with Gasteiger partial charge in [-0.05, 0) is 51.0 Å². The topological polar surface area (TPSA) is 31.1 Å². The Balaban J connectivity index is 1.80. The molecule has 0 unspecified atom stereocenters. The number of hydrogen-bond acceptors (Lipinski definition) is 2. The minimum atomic E-state index is 0.761. The maximum absolute atomic E-state index is 3.66. The fraction of sp³-hybridized carbons (Fsp3) is 0.692. The van der Waals surface area contributed by atoms with Gasteiger partial charge in [-0.25, -0.2) is 0 Å². The molecule has 1 fully saturated rings. The lowest BCUT2D eigenvalue weighted by atomic mass is 9.94. The van der Waals surface area contributed by atoms with E-state index in [9.17, 15) is 0 Å². The summed E-state index contributed by atoms with van der Waals surface area (Å²) in [6, 6.07) is 2.43. The van der Waals surface area contributed by atoms with Gasteiger partial charge >= 0.3 is 0 Å². The summed E-state index contributed by atoms with van der Waals surface area (Å²) < 4.78 is 0. The molecule has 0 radical (unpaired) electrons. The van der Waals surface area contributed by atoms with Crippen LogP contribution in [0.5, 0.6) is 0 Å². The minimum Gasteiger partial charge on any atom is -0.361 e. The second-order valence-electron chi connectivity index (χ2n) is 5.24. The molecule has 0 aromatic carbocycles. The number of fused-ring (bicyclic) bond motifs is 1. The van der Waals surface area contributed by atoms with Crippen LogP contribution in [0, 0.1) is 0 Å². The molecule has 0 atom stereocenters. The van der Waals surface area contributed by atoms with E-state index in [1.54, 1.807) is 5.56 Å². The van der Waals surface area contributed by atoms with Crippen LogP contribution in [0.4, 0.5) is 0 Å². The molecule has 1 saturated heterocycles. The molecular formula is C13H21N3. The van der Waals surface area contributed by atoms with Crippen LogP contribution in [0.3, 0.4) is 0 Å². The molecule has 3 heteroatoms. The van der Waals surface area contributed by atoms with Crippen molar-refractivity contribution in [2.45, 2.75) is 31.7 Å². The van der Waals surface area contributed by atoms with E-state index in [2.05, 4.69) is 28.3 Å². The van der Waals surface area contributed by atoms with Crippen molar-refractivity contribution in [2.75, 3.05) is 26.7 Å². The number of rotatable bonds is 1. The smallest absolute Gasteiger partial charge is 0.0385 e. The molecule has 1 aromatic rings. The van der Waals surface area contributed by atoms with Gasteiger partial charge in [-0.15, -0.1) is 0 Å². The zero-order valence-electron chi connectivity index (χ0n) is 10.1. The van der Waals surface area contributed by atoms with Gasteiger partial charge in [-0.3, -0.25) is 0 Å². The lowest BCUT2D eigenvalue weighted by Crippen LogP contribution is -2.27. The summed E-state index contributed by atoms with van der Waals surface area (Å²) in [5.41, 5.74) is 4.51. The van der Waals surface area contributed by atoms with Gasteiger partial charge in [0.2, 0.25) is 0 Å². The van der Waals surface area contributed by atoms with E-state index in [1.165, 1.54) is 50.3 Å². The Morgan fingerprint density at radius 2 is 2.12 bits per heavy atom. The van der Waals surface area contributed by atoms with Crippen molar-refractivity contribution in [1.29, 1.82) is 0 Å². The third-order valence-corrected chi connectivity index (χ3v) is 3.98. The highest BCUT2D eigenvalue weighted by Gasteiger charge is 2.21. The summed E-state index contributed by atoms with van der Waals surface area (Å²) >= 11 is 0. The highest BCUT2D eigenvalue weighted by Crippen LogP contribution is 2.28. The lowest BCUT2D eigenvalue weighted by Gasteiger charge is -2.22. The van der Waals surface area contributed by atoms with Crippen molar-refractivity contribution in [3.05, 3.63) is 23.0 Å². The molecule has 2 aliphatic rings. The van der Waals surface area contributed by atoms with Crippen molar-refractivity contribution in [1.82, 2.24) is 15.2 Å². The van der Waals surface area contributed by atoms with Crippen molar-refractivity contribution >= 4 is 0 Å². The fourth-order valence-electron chi connectivity index (χ4n) is 2.94. The first-order valence-corrected chi connectivity index (χ1v) is 6.43. The molecule has 0 spiro atoms. The van der Waals surface area contributed by atoms with Crippen LogP contribution in [0.2, 0.25) is 0 Å². The lowest BCUT2D eigenvalue weighted by molar-refractivity contribution is 0.309. The average molecular weight is 219 g/mol. The van der Waals surface area contributed by atoms with E-state index in [1.807, 2.05) is 0 Å². The molecule has 0 amide bonds. The molecule has 0 aliphatic carbocycles. The van der Waals surface area contributed by atoms with Crippen LogP contribution < -0.4 is 5.32 Å². The van der Waals surface area contributed by atoms with Crippen LogP contribution in [-0.2, 0) is 13.0 Å². The standard InChI is InChI=1S/C13H21N3/c1-16-7-4-11-8-12(15-13(11)9-16)10-2-5-14-6-3-10/h8,10,14-15H,2-7,9H2,1H3. The van der Waals surface area contributed by atoms with Crippen LogP contribution in [0.25, 0.3) is 0 Å². The van der Waals surface area contributed by atoms with Gasteiger partial charge in [0, 0.05) is 30.4 Å². The van der Waals surface area contributed by atoms with Crippen molar-refractivity contribution in [3.8, 4) is 0 Å². The van der Waals surface area contributed by atoms with Crippen LogP contribution in [-0.4, -0.2) is 36.6 Å². The fourth-order valence-corrected chi connectivity index (χ4v) is 2.94. The normalized spacial score (nSPS) is 23.3. The monoisotopic (exact) mass is 219 g/mol. The third kappa shape index (κ3) is 1.89. The highest BCUT2D eigenvalue weighted by molar-refractivity contribution is 5.30. The van der Waals surface area contributed by atoms with Gasteiger partial charge in [0.15, 0.2) is 0 Å². The van der Waals surface area contributed by atoms with Gasteiger partial charge in [0.05, 0.1) is 0 Å². The Kier molecular flexibility index (Phi) is 2.74. The quantitative estimate of drug-likeness (QED) is 0.749. The first-order valence-electron chi connectivity index (χ1n) is 6.43. The first kappa shape index (κ1) is 10.4. The number of likely N-dealkylation sites (N-methyl/N-ethyl adjacent to an activating group) is 1. The van der Waals surface area contributed by atoms with Gasteiger partial charge in [-0.2, -0.15) is 0 Å². The molecule has 3 heterocycles. The molecule has 16 heavy (non-hydrogen) atoms. The van der Waals surface area contributed by atoms with Gasteiger partial charge in [0.25, 0.3) is 0 Å². The van der Waals surface area contributed by atoms with Gasteiger partial charge in [-0.1, -0.05) is 0 Å². The maximum atomic E-state index is 3.66. The number of nitrogens with one attached hydrogen (secondary N) is 2. The van der Waals surface area contributed by atoms with E-state index >= 15 is 0 Å². The molecule has 3 nitrogen and oxygen atoms in total. The van der Waals surface area contributed by atoms with Crippen molar-refractivity contribution in [2.24, 2.45) is 0 Å². The predicted octanol–water partition coefficient (Wildman–Crippen LogP) is 1.47. The number of piperidine rings is 1. The van der Waals surface area contributed by atoms with E-state index in [0.717, 1.165) is 12.5 Å². The van der Waals surface area contributed by atoms with Gasteiger partial charge < -0.3 is 15.2 Å². The number of nitrogens with zero attached hydrogens (tertiary/aromatic N) is 1. The van der Waals surface area contributed by atoms with E-state index < -0.39 is 0 Å². The maximum Gasteiger partial charge on any atom is 0.0385 e. The number of hydrogen-bond donors (Lipinski definition) is 2. The second kappa shape index (κ2) is 4.22. The van der Waals surface area contributed by atoms with Gasteiger partial charge in [0.1, 0.15) is 0 Å². The SMILES string of the molecule is CN1CCc2cc(C3CCNCC3)[nH]c2C1. The zero-order valence-corrected chi connectivity index (χ0v) is 10.1. The Morgan fingerprint density at radius 1 is 1.31 bits per heavy atom. The van der Waals surface area contributed by atoms with Crippen LogP contribution in [0.15, 0.2) is 6.07 Å². The predicted molar refractivity (Wildman–Crippen MR) is 65.7 cm³/mol. The van der Waals surface area contributed by atoms with Crippen LogP contribution >= 0.6 is 0 Å². The average Bonchev–Trinajstić information content (AvgIpc) is 2.73. The number of H-pyrrole nitrogens is 1. The highest BCUT2D eigenvalue weighted by atomic mass is 15.1. The number of aromatic amines is 1. The Bertz CT molecular complexity index is 363. The summed E-state index contributed by atoms with van der Waals surface area (Å²) in [7, 11) is 2.20. The molecule has 2 aliphatic heterocycles. The molecule has 2 N–H and O–H groups in total. The molecule has 1 aromatic heterocycles. The Hall–Kier alpha value is -0.800. The third-order valence-electron chi connectivity index (χ3n) is 3.98. The Morgan fingerprint density at radius 3 is 2.94 bits per heavy atom. The summed E-state index contributed by atoms with van der Waals surface area (Å²) in [6.07, 6.45) is 3.79. The van der Waals surface area contributed by atoms with Crippen molar-refractivity contribution < 1.29 is 0 Å². The summed E-state index contributed by atoms with van der Waals surface area (Å²) in [4.78, 5) is 6.06. The minimum absolute atomic E-state index is 0.761. The van der Waals surface area contributed by atoms with E-state index in [-0.39, 0.29) is 0 Å². The Labute approximate surface area is 97.2 Å². The van der Waals surface area contributed by atoms with E-state index in [0.29, 0.717) is 0 Å². The first-order chi connectivity index (χ1) is 7.83. The molecule has 3 rings (SSSR count). The molecule has 88 valence electrons. The molecule has 0 saturated carbocycles. The summed E-state index contributed by atoms with van der Waals surface area (Å²) in [5.74, 6) is 0.761. The summed E-state index contributed by atoms with van der Waals surface area (Å²) in [6.45, 7) is 4.65. The summed E-state index contributed by atoms with van der Waals surface area (Å²) in [5, 5.41) is 3.43. The zero-order chi connectivity index (χ0) is 11.0. The largest absolute Gasteiger partial charge is 0.361 e. The number of aromatic nitrogens is 1. The molecule has 0 bridgehead atoms. The van der Waals surface area contributed by atoms with E-state index in [4.69, 9.17) is 0 Å². The van der Waals surface area contributed by atoms with Crippen molar-refractivity contribution in [3.63, 3.8) is 0 Å². The second-order valence-corrected chi connectivity index (χ2v) is 5.24. The van der Waals surface area contributed by atoms with Crippen LogP contribution in [0.1, 0.15) is 35.7 Å².